The fourth-order valence-corrected chi connectivity index (χ4v) is 4.98. The summed E-state index contributed by atoms with van der Waals surface area (Å²) in [5.74, 6) is 0. The average Bonchev–Trinajstić information content (AvgIpc) is 2.78. The van der Waals surface area contributed by atoms with Crippen molar-refractivity contribution in [2.24, 2.45) is 0 Å². The summed E-state index contributed by atoms with van der Waals surface area (Å²) >= 11 is 0. The minimum Gasteiger partial charge on any atom is -0.319 e. The van der Waals surface area contributed by atoms with Gasteiger partial charge >= 0.3 is 0 Å². The molecule has 32 heavy (non-hydrogen) atoms. The van der Waals surface area contributed by atoms with Crippen molar-refractivity contribution in [2.45, 2.75) is 76.8 Å². The largest absolute Gasteiger partial charge is 0.319 e. The van der Waals surface area contributed by atoms with E-state index >= 15 is 0 Å². The molecular formula is C27H32N4O. The number of piperidine rings is 1. The lowest BCUT2D eigenvalue weighted by molar-refractivity contribution is 0.214. The van der Waals surface area contributed by atoms with E-state index in [0.717, 1.165) is 23.9 Å². The van der Waals surface area contributed by atoms with E-state index in [1.54, 1.807) is 18.2 Å². The number of fused-ring (bicyclic) bond motifs is 1. The van der Waals surface area contributed by atoms with E-state index in [9.17, 15) is 4.79 Å². The molecule has 1 aliphatic heterocycles. The van der Waals surface area contributed by atoms with Crippen molar-refractivity contribution in [3.8, 4) is 17.3 Å². The highest BCUT2D eigenvalue weighted by Gasteiger charge is 2.28. The SMILES string of the molecule is C[C@H]1CCC[C@@](C)(CCCCCc2ccc3nc(-c4cccc(C#N)c4)c(=O)[nH]c3c2)N1. The van der Waals surface area contributed by atoms with Gasteiger partial charge in [0.15, 0.2) is 0 Å². The minimum absolute atomic E-state index is 0.229. The molecule has 2 atom stereocenters. The third-order valence-corrected chi connectivity index (χ3v) is 6.68. The van der Waals surface area contributed by atoms with Gasteiger partial charge in [-0.25, -0.2) is 4.98 Å². The Bertz CT molecular complexity index is 1190. The van der Waals surface area contributed by atoms with Crippen molar-refractivity contribution in [3.63, 3.8) is 0 Å². The molecule has 0 spiro atoms. The summed E-state index contributed by atoms with van der Waals surface area (Å²) < 4.78 is 0. The van der Waals surface area contributed by atoms with Gasteiger partial charge in [-0.05, 0) is 75.8 Å². The van der Waals surface area contributed by atoms with Gasteiger partial charge in [0.25, 0.3) is 5.56 Å². The lowest BCUT2D eigenvalue weighted by Gasteiger charge is -2.39. The smallest absolute Gasteiger partial charge is 0.274 e. The first-order valence-corrected chi connectivity index (χ1v) is 11.8. The van der Waals surface area contributed by atoms with Crippen LogP contribution in [-0.4, -0.2) is 21.5 Å². The second-order valence-corrected chi connectivity index (χ2v) is 9.52. The zero-order valence-corrected chi connectivity index (χ0v) is 19.1. The minimum atomic E-state index is -0.229. The van der Waals surface area contributed by atoms with Crippen LogP contribution in [0.3, 0.4) is 0 Å². The summed E-state index contributed by atoms with van der Waals surface area (Å²) in [7, 11) is 0. The van der Waals surface area contributed by atoms with Crippen molar-refractivity contribution in [2.75, 3.05) is 0 Å². The number of nitriles is 1. The summed E-state index contributed by atoms with van der Waals surface area (Å²) in [6, 6.07) is 15.9. The molecule has 1 aliphatic rings. The van der Waals surface area contributed by atoms with Gasteiger partial charge in [-0.15, -0.1) is 0 Å². The van der Waals surface area contributed by atoms with E-state index < -0.39 is 0 Å². The van der Waals surface area contributed by atoms with Gasteiger partial charge in [0.05, 0.1) is 22.7 Å². The second kappa shape index (κ2) is 9.67. The molecule has 4 rings (SSSR count). The van der Waals surface area contributed by atoms with Crippen LogP contribution in [0.1, 0.15) is 69.9 Å². The number of H-pyrrole nitrogens is 1. The zero-order chi connectivity index (χ0) is 22.6. The molecule has 0 bridgehead atoms. The van der Waals surface area contributed by atoms with Crippen molar-refractivity contribution in [3.05, 3.63) is 63.9 Å². The molecule has 0 saturated carbocycles. The molecule has 2 aromatic carbocycles. The summed E-state index contributed by atoms with van der Waals surface area (Å²) in [5.41, 5.74) is 4.35. The standard InChI is InChI=1S/C27H32N4O/c1-19-8-7-15-27(2,31-19)14-5-3-4-9-20-12-13-23-24(17-20)30-26(32)25(29-23)22-11-6-10-21(16-22)18-28/h6,10-13,16-17,19,31H,3-5,7-9,14-15H2,1-2H3,(H,30,32)/t19-,27+/m0/s1. The Kier molecular flexibility index (Phi) is 6.72. The number of rotatable bonds is 7. The van der Waals surface area contributed by atoms with Crippen LogP contribution in [0.25, 0.3) is 22.3 Å². The lowest BCUT2D eigenvalue weighted by atomic mass is 9.83. The van der Waals surface area contributed by atoms with Gasteiger partial charge in [0.2, 0.25) is 0 Å². The predicted molar refractivity (Wildman–Crippen MR) is 130 cm³/mol. The number of nitrogens with zero attached hydrogens (tertiary/aromatic N) is 2. The number of nitrogens with one attached hydrogen (secondary N) is 2. The molecule has 1 fully saturated rings. The van der Waals surface area contributed by atoms with Crippen LogP contribution in [0, 0.1) is 11.3 Å². The molecular weight excluding hydrogens is 396 g/mol. The molecule has 3 aromatic rings. The Morgan fingerprint density at radius 1 is 1.19 bits per heavy atom. The number of hydrogen-bond donors (Lipinski definition) is 2. The summed E-state index contributed by atoms with van der Waals surface area (Å²) in [4.78, 5) is 20.2. The van der Waals surface area contributed by atoms with Gasteiger partial charge in [0.1, 0.15) is 5.69 Å². The van der Waals surface area contributed by atoms with Crippen LogP contribution < -0.4 is 10.9 Å². The molecule has 0 unspecified atom stereocenters. The number of unbranched alkanes of at least 4 members (excludes halogenated alkanes) is 2. The Hall–Kier alpha value is -2.97. The fourth-order valence-electron chi connectivity index (χ4n) is 4.98. The maximum atomic E-state index is 12.6. The van der Waals surface area contributed by atoms with Crippen LogP contribution in [-0.2, 0) is 6.42 Å². The van der Waals surface area contributed by atoms with E-state index in [1.807, 2.05) is 18.2 Å². The normalized spacial score (nSPS) is 20.8. The van der Waals surface area contributed by atoms with Gasteiger partial charge in [-0.3, -0.25) is 4.79 Å². The van der Waals surface area contributed by atoms with Crippen LogP contribution >= 0.6 is 0 Å². The lowest BCUT2D eigenvalue weighted by Crippen LogP contribution is -2.50. The van der Waals surface area contributed by atoms with Crippen molar-refractivity contribution in [1.29, 1.82) is 5.26 Å². The number of benzene rings is 2. The Balaban J connectivity index is 1.37. The Morgan fingerprint density at radius 3 is 2.88 bits per heavy atom. The molecule has 0 radical (unpaired) electrons. The van der Waals surface area contributed by atoms with E-state index in [4.69, 9.17) is 5.26 Å². The highest BCUT2D eigenvalue weighted by molar-refractivity contribution is 5.77. The topological polar surface area (TPSA) is 81.6 Å². The van der Waals surface area contributed by atoms with Crippen LogP contribution in [0.15, 0.2) is 47.3 Å². The van der Waals surface area contributed by atoms with Gasteiger partial charge in [-0.1, -0.05) is 37.5 Å². The van der Waals surface area contributed by atoms with E-state index in [-0.39, 0.29) is 5.56 Å². The predicted octanol–water partition coefficient (Wildman–Crippen LogP) is 5.49. The van der Waals surface area contributed by atoms with Crippen LogP contribution in [0.4, 0.5) is 0 Å². The van der Waals surface area contributed by atoms with E-state index in [1.165, 1.54) is 44.1 Å². The molecule has 5 nitrogen and oxygen atoms in total. The molecule has 0 amide bonds. The summed E-state index contributed by atoms with van der Waals surface area (Å²) in [6.45, 7) is 4.67. The van der Waals surface area contributed by atoms with Gasteiger partial charge in [-0.2, -0.15) is 5.26 Å². The highest BCUT2D eigenvalue weighted by atomic mass is 16.1. The van der Waals surface area contributed by atoms with E-state index in [0.29, 0.717) is 28.4 Å². The van der Waals surface area contributed by atoms with Crippen LogP contribution in [0.2, 0.25) is 0 Å². The number of aryl methyl sites for hydroxylation is 1. The quantitative estimate of drug-likeness (QED) is 0.488. The number of aromatic amines is 1. The average molecular weight is 429 g/mol. The van der Waals surface area contributed by atoms with Crippen LogP contribution in [0.5, 0.6) is 0 Å². The Labute approximate surface area is 189 Å². The molecule has 0 aliphatic carbocycles. The Morgan fingerprint density at radius 2 is 2.06 bits per heavy atom. The fraction of sp³-hybridized carbons (Fsp3) is 0.444. The summed E-state index contributed by atoms with van der Waals surface area (Å²) in [6.07, 6.45) is 9.76. The first-order valence-electron chi connectivity index (χ1n) is 11.8. The number of hydrogen-bond acceptors (Lipinski definition) is 4. The maximum absolute atomic E-state index is 12.6. The molecule has 5 heteroatoms. The summed E-state index contributed by atoms with van der Waals surface area (Å²) in [5, 5.41) is 12.9. The first kappa shape index (κ1) is 22.2. The highest BCUT2D eigenvalue weighted by Crippen LogP contribution is 2.27. The zero-order valence-electron chi connectivity index (χ0n) is 19.1. The third kappa shape index (κ3) is 5.26. The van der Waals surface area contributed by atoms with E-state index in [2.05, 4.69) is 41.3 Å². The van der Waals surface area contributed by atoms with Gasteiger partial charge in [0, 0.05) is 17.1 Å². The molecule has 2 N–H and O–H groups in total. The molecule has 166 valence electrons. The first-order chi connectivity index (χ1) is 15.5. The van der Waals surface area contributed by atoms with Gasteiger partial charge < -0.3 is 10.3 Å². The monoisotopic (exact) mass is 428 g/mol. The molecule has 1 saturated heterocycles. The van der Waals surface area contributed by atoms with Crippen molar-refractivity contribution >= 4 is 11.0 Å². The second-order valence-electron chi connectivity index (χ2n) is 9.52. The number of aromatic nitrogens is 2. The van der Waals surface area contributed by atoms with Crippen molar-refractivity contribution in [1.82, 2.24) is 15.3 Å². The molecule has 2 heterocycles. The third-order valence-electron chi connectivity index (χ3n) is 6.68. The molecule has 1 aromatic heterocycles. The maximum Gasteiger partial charge on any atom is 0.274 e. The van der Waals surface area contributed by atoms with Crippen molar-refractivity contribution < 1.29 is 0 Å².